The van der Waals surface area contributed by atoms with Crippen molar-refractivity contribution >= 4 is 34.2 Å². The average Bonchev–Trinajstić information content (AvgIpc) is 3.44. The number of aromatic hydroxyl groups is 1. The molecule has 0 radical (unpaired) electrons. The molecule has 0 spiro atoms. The quantitative estimate of drug-likeness (QED) is 0.0981. The molecule has 9 nitrogen and oxygen atoms in total. The van der Waals surface area contributed by atoms with Crippen LogP contribution in [0.1, 0.15) is 72.4 Å². The van der Waals surface area contributed by atoms with Crippen molar-refractivity contribution in [2.24, 2.45) is 4.99 Å². The fourth-order valence-corrected chi connectivity index (χ4v) is 5.88. The Balaban J connectivity index is 1.62. The van der Waals surface area contributed by atoms with Crippen LogP contribution in [0.5, 0.6) is 5.88 Å². The van der Waals surface area contributed by atoms with E-state index in [-0.39, 0.29) is 11.8 Å². The second kappa shape index (κ2) is 17.4. The molecule has 4 rings (SSSR count). The summed E-state index contributed by atoms with van der Waals surface area (Å²) in [4.78, 5) is 40.7. The number of benzene rings is 3. The van der Waals surface area contributed by atoms with E-state index >= 15 is 0 Å². The number of amides is 1. The van der Waals surface area contributed by atoms with Crippen molar-refractivity contribution in [3.05, 3.63) is 95.1 Å². The molecule has 0 fully saturated rings. The lowest BCUT2D eigenvalue weighted by molar-refractivity contribution is 0.0600. The van der Waals surface area contributed by atoms with Crippen LogP contribution in [-0.2, 0) is 4.74 Å². The summed E-state index contributed by atoms with van der Waals surface area (Å²) >= 11 is 0. The second-order valence-electron chi connectivity index (χ2n) is 11.5. The Labute approximate surface area is 278 Å². The fourth-order valence-electron chi connectivity index (χ4n) is 5.88. The van der Waals surface area contributed by atoms with E-state index in [9.17, 15) is 14.7 Å². The van der Waals surface area contributed by atoms with E-state index in [1.807, 2.05) is 59.5 Å². The zero-order valence-corrected chi connectivity index (χ0v) is 28.5. The number of ether oxygens (including phenoxy) is 1. The molecule has 1 heterocycles. The summed E-state index contributed by atoms with van der Waals surface area (Å²) in [5.74, 6) is -0.486. The molecule has 4 aromatic rings. The molecule has 250 valence electrons. The minimum atomic E-state index is -0.458. The Morgan fingerprint density at radius 3 is 1.87 bits per heavy atom. The maximum absolute atomic E-state index is 13.8. The zero-order valence-electron chi connectivity index (χ0n) is 28.5. The Morgan fingerprint density at radius 2 is 1.32 bits per heavy atom. The van der Waals surface area contributed by atoms with Gasteiger partial charge in [0.2, 0.25) is 0 Å². The standard InChI is InChI=1S/C38H49N5O4/c1-6-41(7-2)23-13-25-43(26-14-24-42(8-3)9-4)37(45)29-17-20-31(21-18-29)39-35(28-15-11-10-12-16-28)34-32-22-19-30(38(46)47-5)27-33(32)40-36(34)44/h10-12,15-22,27,40,44H,6-9,13-14,23-26H2,1-5H3. The summed E-state index contributed by atoms with van der Waals surface area (Å²) < 4.78 is 4.87. The van der Waals surface area contributed by atoms with Crippen LogP contribution in [0.25, 0.3) is 10.9 Å². The van der Waals surface area contributed by atoms with Gasteiger partial charge in [-0.3, -0.25) is 4.79 Å². The summed E-state index contributed by atoms with van der Waals surface area (Å²) in [6, 6.07) is 22.1. The molecule has 0 bridgehead atoms. The van der Waals surface area contributed by atoms with E-state index < -0.39 is 5.97 Å². The number of rotatable bonds is 17. The third-order valence-corrected chi connectivity index (χ3v) is 8.72. The van der Waals surface area contributed by atoms with Gasteiger partial charge in [-0.1, -0.05) is 64.1 Å². The summed E-state index contributed by atoms with van der Waals surface area (Å²) in [6.07, 6.45) is 1.85. The highest BCUT2D eigenvalue weighted by molar-refractivity contribution is 6.22. The number of hydrogen-bond donors (Lipinski definition) is 2. The number of fused-ring (bicyclic) bond motifs is 1. The number of aromatic amines is 1. The van der Waals surface area contributed by atoms with Crippen LogP contribution in [-0.4, -0.2) is 102 Å². The van der Waals surface area contributed by atoms with Gasteiger partial charge in [0.05, 0.1) is 29.6 Å². The van der Waals surface area contributed by atoms with Crippen LogP contribution in [0.2, 0.25) is 0 Å². The molecule has 1 aromatic heterocycles. The maximum Gasteiger partial charge on any atom is 0.337 e. The molecule has 1 amide bonds. The number of carbonyl (C=O) groups excluding carboxylic acids is 2. The van der Waals surface area contributed by atoms with E-state index in [1.165, 1.54) is 7.11 Å². The SMILES string of the molecule is CCN(CC)CCCN(CCCN(CC)CC)C(=O)c1ccc(N=C(c2ccccc2)c2c(O)[nH]c3cc(C(=O)OC)ccc23)cc1. The summed E-state index contributed by atoms with van der Waals surface area (Å²) in [5, 5.41) is 11.8. The maximum atomic E-state index is 13.8. The topological polar surface area (TPSA) is 101 Å². The van der Waals surface area contributed by atoms with Crippen LogP contribution < -0.4 is 0 Å². The fraction of sp³-hybridized carbons (Fsp3) is 0.395. The van der Waals surface area contributed by atoms with Crippen molar-refractivity contribution in [2.45, 2.75) is 40.5 Å². The lowest BCUT2D eigenvalue weighted by Crippen LogP contribution is -2.36. The lowest BCUT2D eigenvalue weighted by atomic mass is 10.00. The van der Waals surface area contributed by atoms with Crippen LogP contribution in [0.15, 0.2) is 77.8 Å². The van der Waals surface area contributed by atoms with Crippen molar-refractivity contribution in [3.63, 3.8) is 0 Å². The van der Waals surface area contributed by atoms with Crippen molar-refractivity contribution < 1.29 is 19.4 Å². The number of aliphatic imine (C=N–C) groups is 1. The zero-order chi connectivity index (χ0) is 33.8. The first-order chi connectivity index (χ1) is 22.8. The van der Waals surface area contributed by atoms with Crippen LogP contribution in [0.4, 0.5) is 5.69 Å². The van der Waals surface area contributed by atoms with Crippen molar-refractivity contribution in [1.82, 2.24) is 19.7 Å². The Hall–Kier alpha value is -4.47. The number of methoxy groups -OCH3 is 1. The normalized spacial score (nSPS) is 11.9. The molecule has 0 aliphatic carbocycles. The van der Waals surface area contributed by atoms with Gasteiger partial charge in [0.1, 0.15) is 0 Å². The second-order valence-corrected chi connectivity index (χ2v) is 11.5. The summed E-state index contributed by atoms with van der Waals surface area (Å²) in [7, 11) is 1.33. The lowest BCUT2D eigenvalue weighted by Gasteiger charge is -2.26. The van der Waals surface area contributed by atoms with E-state index in [4.69, 9.17) is 9.73 Å². The number of esters is 1. The van der Waals surface area contributed by atoms with E-state index in [0.29, 0.717) is 46.7 Å². The molecule has 2 N–H and O–H groups in total. The molecule has 9 heteroatoms. The monoisotopic (exact) mass is 639 g/mol. The minimum absolute atomic E-state index is 0.0265. The Kier molecular flexibility index (Phi) is 13.1. The molecular weight excluding hydrogens is 590 g/mol. The van der Waals surface area contributed by atoms with E-state index in [0.717, 1.165) is 63.1 Å². The molecule has 0 saturated carbocycles. The molecule has 47 heavy (non-hydrogen) atoms. The third kappa shape index (κ3) is 9.08. The van der Waals surface area contributed by atoms with Gasteiger partial charge >= 0.3 is 5.97 Å². The van der Waals surface area contributed by atoms with Gasteiger partial charge < -0.3 is 29.5 Å². The first kappa shape index (κ1) is 35.4. The predicted molar refractivity (Wildman–Crippen MR) is 190 cm³/mol. The molecule has 0 saturated heterocycles. The predicted octanol–water partition coefficient (Wildman–Crippen LogP) is 6.74. The van der Waals surface area contributed by atoms with Gasteiger partial charge in [0.15, 0.2) is 5.88 Å². The van der Waals surface area contributed by atoms with Gasteiger partial charge in [0.25, 0.3) is 5.91 Å². The smallest absolute Gasteiger partial charge is 0.337 e. The first-order valence-electron chi connectivity index (χ1n) is 16.7. The van der Waals surface area contributed by atoms with Gasteiger partial charge in [-0.15, -0.1) is 0 Å². The molecule has 3 aromatic carbocycles. The van der Waals surface area contributed by atoms with Crippen molar-refractivity contribution in [1.29, 1.82) is 0 Å². The Bertz CT molecular complexity index is 1610. The highest BCUT2D eigenvalue weighted by atomic mass is 16.5. The van der Waals surface area contributed by atoms with Gasteiger partial charge in [0, 0.05) is 35.1 Å². The number of nitrogens with one attached hydrogen (secondary N) is 1. The van der Waals surface area contributed by atoms with Gasteiger partial charge in [-0.2, -0.15) is 0 Å². The van der Waals surface area contributed by atoms with E-state index in [2.05, 4.69) is 42.5 Å². The number of nitrogens with zero attached hydrogens (tertiary/aromatic N) is 4. The van der Waals surface area contributed by atoms with Crippen molar-refractivity contribution in [3.8, 4) is 5.88 Å². The molecule has 0 unspecified atom stereocenters. The summed E-state index contributed by atoms with van der Waals surface area (Å²) in [6.45, 7) is 16.1. The third-order valence-electron chi connectivity index (χ3n) is 8.72. The van der Waals surface area contributed by atoms with E-state index in [1.54, 1.807) is 18.2 Å². The number of hydrogen-bond acceptors (Lipinski definition) is 7. The van der Waals surface area contributed by atoms with Crippen LogP contribution in [0.3, 0.4) is 0 Å². The molecule has 0 aliphatic heterocycles. The number of H-pyrrole nitrogens is 1. The molecule has 0 aliphatic rings. The number of aromatic nitrogens is 1. The molecule has 0 atom stereocenters. The Morgan fingerprint density at radius 1 is 0.745 bits per heavy atom. The summed E-state index contributed by atoms with van der Waals surface area (Å²) in [5.41, 5.74) is 4.14. The van der Waals surface area contributed by atoms with Crippen LogP contribution >= 0.6 is 0 Å². The van der Waals surface area contributed by atoms with Gasteiger partial charge in [-0.25, -0.2) is 9.79 Å². The minimum Gasteiger partial charge on any atom is -0.494 e. The van der Waals surface area contributed by atoms with Gasteiger partial charge in [-0.05, 0) is 88.5 Å². The largest absolute Gasteiger partial charge is 0.494 e. The molecular formula is C38H49N5O4. The highest BCUT2D eigenvalue weighted by Gasteiger charge is 2.21. The van der Waals surface area contributed by atoms with Crippen molar-refractivity contribution in [2.75, 3.05) is 59.5 Å². The first-order valence-corrected chi connectivity index (χ1v) is 16.7. The highest BCUT2D eigenvalue weighted by Crippen LogP contribution is 2.32. The number of carbonyl (C=O) groups is 2. The average molecular weight is 640 g/mol. The van der Waals surface area contributed by atoms with Crippen LogP contribution in [0, 0.1) is 0 Å².